The first-order chi connectivity index (χ1) is 15.6. The molecule has 0 amide bonds. The zero-order chi connectivity index (χ0) is 23.8. The van der Waals surface area contributed by atoms with E-state index < -0.39 is 17.2 Å². The van der Waals surface area contributed by atoms with Gasteiger partial charge < -0.3 is 9.47 Å². The Labute approximate surface area is 195 Å². The summed E-state index contributed by atoms with van der Waals surface area (Å²) in [5, 5.41) is 0. The first-order valence-corrected chi connectivity index (χ1v) is 12.5. The molecule has 3 saturated carbocycles. The summed E-state index contributed by atoms with van der Waals surface area (Å²) >= 11 is 0. The molecule has 5 rings (SSSR count). The second-order valence-corrected chi connectivity index (χ2v) is 11.5. The van der Waals surface area contributed by atoms with Crippen molar-refractivity contribution in [2.24, 2.45) is 34.5 Å². The number of unbranched alkanes of at least 4 members (excludes halogenated alkanes) is 1. The maximum absolute atomic E-state index is 15.5. The summed E-state index contributed by atoms with van der Waals surface area (Å²) in [5.41, 5.74) is -0.884. The molecule has 0 N–H and O–H groups in total. The molecule has 1 spiro atoms. The van der Waals surface area contributed by atoms with Gasteiger partial charge in [0.15, 0.2) is 11.6 Å². The lowest BCUT2D eigenvalue weighted by atomic mass is 9.47. The fourth-order valence-electron chi connectivity index (χ4n) is 8.33. The molecule has 33 heavy (non-hydrogen) atoms. The summed E-state index contributed by atoms with van der Waals surface area (Å²) in [7, 11) is 0. The molecule has 9 atom stereocenters. The number of halogens is 1. The third-order valence-electron chi connectivity index (χ3n) is 9.72. The van der Waals surface area contributed by atoms with Crippen LogP contribution in [-0.4, -0.2) is 42.0 Å². The van der Waals surface area contributed by atoms with E-state index in [-0.39, 0.29) is 59.3 Å². The van der Waals surface area contributed by atoms with E-state index in [9.17, 15) is 14.4 Å². The number of epoxide rings is 1. The molecule has 1 aliphatic heterocycles. The maximum atomic E-state index is 15.5. The van der Waals surface area contributed by atoms with Crippen molar-refractivity contribution >= 4 is 17.5 Å². The quantitative estimate of drug-likeness (QED) is 0.432. The zero-order valence-electron chi connectivity index (χ0n) is 20.1. The number of rotatable bonds is 6. The Morgan fingerprint density at radius 2 is 2.00 bits per heavy atom. The number of esters is 1. The van der Waals surface area contributed by atoms with Gasteiger partial charge in [-0.3, -0.25) is 14.4 Å². The van der Waals surface area contributed by atoms with Crippen molar-refractivity contribution in [3.63, 3.8) is 0 Å². The van der Waals surface area contributed by atoms with Crippen molar-refractivity contribution < 1.29 is 28.2 Å². The van der Waals surface area contributed by atoms with Gasteiger partial charge in [0.2, 0.25) is 0 Å². The minimum Gasteiger partial charge on any atom is -0.458 e. The van der Waals surface area contributed by atoms with E-state index in [1.54, 1.807) is 6.08 Å². The molecule has 3 unspecified atom stereocenters. The van der Waals surface area contributed by atoms with E-state index in [0.29, 0.717) is 18.4 Å². The highest BCUT2D eigenvalue weighted by Gasteiger charge is 2.80. The molecule has 4 fully saturated rings. The number of fused-ring (bicyclic) bond motifs is 3. The molecule has 5 nitrogen and oxygen atoms in total. The van der Waals surface area contributed by atoms with Crippen LogP contribution in [0.1, 0.15) is 66.2 Å². The van der Waals surface area contributed by atoms with Crippen molar-refractivity contribution in [3.05, 3.63) is 23.8 Å². The van der Waals surface area contributed by atoms with Crippen LogP contribution in [0.25, 0.3) is 0 Å². The number of Topliss-reactive ketones (excluding diaryl/α,β-unsaturated/α-hetero) is 1. The predicted octanol–water partition coefficient (Wildman–Crippen LogP) is 4.54. The number of allylic oxidation sites excluding steroid dienone is 2. The average molecular weight is 459 g/mol. The Morgan fingerprint density at radius 1 is 1.24 bits per heavy atom. The summed E-state index contributed by atoms with van der Waals surface area (Å²) in [6.07, 6.45) is 7.55. The third kappa shape index (κ3) is 3.08. The van der Waals surface area contributed by atoms with Crippen LogP contribution >= 0.6 is 0 Å². The van der Waals surface area contributed by atoms with Crippen molar-refractivity contribution in [1.82, 2.24) is 0 Å². The molecule has 180 valence electrons. The molecule has 0 radical (unpaired) electrons. The Bertz CT molecular complexity index is 954. The van der Waals surface area contributed by atoms with E-state index in [1.807, 2.05) is 19.9 Å². The van der Waals surface area contributed by atoms with Gasteiger partial charge in [-0.15, -0.1) is 0 Å². The number of hydrogen-bond acceptors (Lipinski definition) is 5. The van der Waals surface area contributed by atoms with Crippen LogP contribution in [0.5, 0.6) is 0 Å². The maximum Gasteiger partial charge on any atom is 0.306 e. The summed E-state index contributed by atoms with van der Waals surface area (Å²) < 4.78 is 27.3. The lowest BCUT2D eigenvalue weighted by Gasteiger charge is -2.55. The normalized spacial score (nSPS) is 47.1. The number of hydrogen-bond donors (Lipinski definition) is 0. The number of carbonyl (C=O) groups is 3. The molecular weight excluding hydrogens is 423 g/mol. The van der Waals surface area contributed by atoms with Gasteiger partial charge in [-0.25, -0.2) is 4.39 Å². The first-order valence-electron chi connectivity index (χ1n) is 12.5. The molecule has 5 aliphatic rings. The van der Waals surface area contributed by atoms with E-state index >= 15 is 4.39 Å². The summed E-state index contributed by atoms with van der Waals surface area (Å²) in [6.45, 7) is 8.11. The van der Waals surface area contributed by atoms with Crippen molar-refractivity contribution in [1.29, 1.82) is 0 Å². The molecule has 0 aromatic heterocycles. The highest BCUT2D eigenvalue weighted by Crippen LogP contribution is 2.76. The standard InChI is InChI=1S/C27H35FO5/c1-5-6-7-23(31)32-14-21(30)24-15(2)10-17-18-12-20(28)19-11-16(29)8-9-26(19,4)27(18)22(33-27)13-25(17,24)3/h8-9,11,15,17-18,20,22,24H,5-7,10,12-14H2,1-4H3/t15?,17-,18-,20?,22?,24+,25-,26-,27-/m0/s1. The monoisotopic (exact) mass is 458 g/mol. The van der Waals surface area contributed by atoms with Gasteiger partial charge in [-0.05, 0) is 73.5 Å². The van der Waals surface area contributed by atoms with Gasteiger partial charge >= 0.3 is 5.97 Å². The predicted molar refractivity (Wildman–Crippen MR) is 120 cm³/mol. The van der Waals surface area contributed by atoms with Crippen molar-refractivity contribution in [2.45, 2.75) is 84.1 Å². The largest absolute Gasteiger partial charge is 0.458 e. The molecule has 6 heteroatoms. The van der Waals surface area contributed by atoms with Gasteiger partial charge in [0.05, 0.1) is 6.10 Å². The van der Waals surface area contributed by atoms with Gasteiger partial charge in [0.25, 0.3) is 0 Å². The number of carbonyl (C=O) groups excluding carboxylic acids is 3. The molecule has 0 bridgehead atoms. The Balaban J connectivity index is 1.40. The first kappa shape index (κ1) is 22.9. The summed E-state index contributed by atoms with van der Waals surface area (Å²) in [6, 6.07) is 0. The van der Waals surface area contributed by atoms with E-state index in [4.69, 9.17) is 9.47 Å². The topological polar surface area (TPSA) is 73.0 Å². The summed E-state index contributed by atoms with van der Waals surface area (Å²) in [4.78, 5) is 37.3. The molecular formula is C27H35FO5. The highest BCUT2D eigenvalue weighted by atomic mass is 19.1. The van der Waals surface area contributed by atoms with E-state index in [2.05, 4.69) is 13.8 Å². The second-order valence-electron chi connectivity index (χ2n) is 11.5. The minimum atomic E-state index is -1.18. The SMILES string of the molecule is CCCCC(=O)OCC(=O)[C@H]1C(C)C[C@H]2[C@@H]3CC(F)C4=CC(=O)C=C[C@]4(C)[C@]34OC4C[C@]12C. The number of alkyl halides is 1. The molecule has 1 saturated heterocycles. The Hall–Kier alpha value is -1.82. The average Bonchev–Trinajstić information content (AvgIpc) is 3.42. The second kappa shape index (κ2) is 7.59. The fraction of sp³-hybridized carbons (Fsp3) is 0.741. The van der Waals surface area contributed by atoms with Crippen LogP contribution in [0.15, 0.2) is 23.8 Å². The molecule has 1 heterocycles. The van der Waals surface area contributed by atoms with Crippen molar-refractivity contribution in [2.75, 3.05) is 6.61 Å². The van der Waals surface area contributed by atoms with Gasteiger partial charge in [0, 0.05) is 17.8 Å². The smallest absolute Gasteiger partial charge is 0.306 e. The van der Waals surface area contributed by atoms with Crippen LogP contribution in [0.4, 0.5) is 4.39 Å². The lowest BCUT2D eigenvalue weighted by molar-refractivity contribution is -0.151. The van der Waals surface area contributed by atoms with E-state index in [1.165, 1.54) is 6.08 Å². The van der Waals surface area contributed by atoms with Crippen LogP contribution < -0.4 is 0 Å². The minimum absolute atomic E-state index is 0.0105. The molecule has 0 aromatic carbocycles. The van der Waals surface area contributed by atoms with Crippen molar-refractivity contribution in [3.8, 4) is 0 Å². The Kier molecular flexibility index (Phi) is 5.28. The molecule has 0 aromatic rings. The van der Waals surface area contributed by atoms with Crippen LogP contribution in [-0.2, 0) is 23.9 Å². The third-order valence-corrected chi connectivity index (χ3v) is 9.72. The summed E-state index contributed by atoms with van der Waals surface area (Å²) in [5.74, 6) is -0.441. The lowest BCUT2D eigenvalue weighted by Crippen LogP contribution is -2.59. The van der Waals surface area contributed by atoms with Gasteiger partial charge in [0.1, 0.15) is 18.4 Å². The van der Waals surface area contributed by atoms with Crippen LogP contribution in [0.2, 0.25) is 0 Å². The number of ketones is 2. The highest BCUT2D eigenvalue weighted by molar-refractivity contribution is 6.01. The molecule has 4 aliphatic carbocycles. The number of ether oxygens (including phenoxy) is 2. The fourth-order valence-corrected chi connectivity index (χ4v) is 8.33. The van der Waals surface area contributed by atoms with E-state index in [0.717, 1.165) is 25.7 Å². The van der Waals surface area contributed by atoms with Gasteiger partial charge in [-0.1, -0.05) is 33.3 Å². The van der Waals surface area contributed by atoms with Gasteiger partial charge in [-0.2, -0.15) is 0 Å². The zero-order valence-corrected chi connectivity index (χ0v) is 20.1. The van der Waals surface area contributed by atoms with Crippen LogP contribution in [0.3, 0.4) is 0 Å². The Morgan fingerprint density at radius 3 is 2.73 bits per heavy atom. The van der Waals surface area contributed by atoms with Crippen LogP contribution in [0, 0.1) is 34.5 Å².